The summed E-state index contributed by atoms with van der Waals surface area (Å²) in [7, 11) is 0. The van der Waals surface area contributed by atoms with Crippen LogP contribution in [0.4, 0.5) is 0 Å². The highest BCUT2D eigenvalue weighted by Gasteiger charge is 2.21. The van der Waals surface area contributed by atoms with Crippen molar-refractivity contribution in [2.45, 2.75) is 32.7 Å². The maximum absolute atomic E-state index is 12.4. The van der Waals surface area contributed by atoms with Gasteiger partial charge in [0, 0.05) is 61.3 Å². The van der Waals surface area contributed by atoms with Crippen LogP contribution in [0.3, 0.4) is 0 Å². The molecule has 2 N–H and O–H groups in total. The van der Waals surface area contributed by atoms with Gasteiger partial charge in [-0.15, -0.1) is 0 Å². The summed E-state index contributed by atoms with van der Waals surface area (Å²) in [5.41, 5.74) is 1.81. The van der Waals surface area contributed by atoms with Crippen LogP contribution in [0.5, 0.6) is 0 Å². The predicted octanol–water partition coefficient (Wildman–Crippen LogP) is 0.893. The molecule has 3 rings (SSSR count). The Kier molecular flexibility index (Phi) is 5.23. The van der Waals surface area contributed by atoms with Gasteiger partial charge in [-0.2, -0.15) is 0 Å². The summed E-state index contributed by atoms with van der Waals surface area (Å²) in [6.45, 7) is 6.12. The zero-order valence-electron chi connectivity index (χ0n) is 14.6. The van der Waals surface area contributed by atoms with Crippen LogP contribution in [0.15, 0.2) is 29.3 Å². The van der Waals surface area contributed by atoms with Crippen LogP contribution in [0, 0.1) is 6.92 Å². The van der Waals surface area contributed by atoms with Crippen molar-refractivity contribution in [2.24, 2.45) is 0 Å². The molecule has 132 valence electrons. The van der Waals surface area contributed by atoms with Gasteiger partial charge in [0.2, 0.25) is 5.91 Å². The Hall–Kier alpha value is -2.54. The quantitative estimate of drug-likeness (QED) is 0.862. The van der Waals surface area contributed by atoms with E-state index in [1.165, 1.54) is 0 Å². The molecule has 25 heavy (non-hydrogen) atoms. The van der Waals surface area contributed by atoms with E-state index in [9.17, 15) is 9.59 Å². The second-order valence-corrected chi connectivity index (χ2v) is 6.42. The van der Waals surface area contributed by atoms with Crippen LogP contribution in [0.25, 0.3) is 11.4 Å². The van der Waals surface area contributed by atoms with E-state index >= 15 is 0 Å². The molecule has 0 saturated carbocycles. The Balaban J connectivity index is 1.71. The van der Waals surface area contributed by atoms with Gasteiger partial charge in [-0.25, -0.2) is 4.98 Å². The standard InChI is InChI=1S/C18H23N5O2/c1-12-11-23(9-8-20-12)16(24)6-5-15-13(2)21-17(22-18(15)25)14-4-3-7-19-10-14/h3-4,7,10,12,20H,5-6,8-9,11H2,1-2H3,(H,21,22,25)/t12-/m0/s1. The molecule has 0 radical (unpaired) electrons. The first-order valence-corrected chi connectivity index (χ1v) is 8.56. The molecule has 0 bridgehead atoms. The molecule has 0 spiro atoms. The Morgan fingerprint density at radius 1 is 1.44 bits per heavy atom. The third-order valence-electron chi connectivity index (χ3n) is 4.47. The average Bonchev–Trinajstić information content (AvgIpc) is 2.61. The summed E-state index contributed by atoms with van der Waals surface area (Å²) in [5.74, 6) is 0.588. The highest BCUT2D eigenvalue weighted by molar-refractivity contribution is 5.76. The SMILES string of the molecule is Cc1nc(-c2cccnc2)[nH]c(=O)c1CCC(=O)N1CCN[C@@H](C)C1. The van der Waals surface area contributed by atoms with Crippen LogP contribution in [0.2, 0.25) is 0 Å². The number of nitrogens with zero attached hydrogens (tertiary/aromatic N) is 3. The fourth-order valence-electron chi connectivity index (χ4n) is 3.09. The third kappa shape index (κ3) is 4.11. The number of hydrogen-bond donors (Lipinski definition) is 2. The van der Waals surface area contributed by atoms with E-state index in [0.29, 0.717) is 42.5 Å². The van der Waals surface area contributed by atoms with Crippen LogP contribution < -0.4 is 10.9 Å². The normalized spacial score (nSPS) is 17.5. The molecule has 2 aromatic rings. The topological polar surface area (TPSA) is 91.0 Å². The molecule has 2 aromatic heterocycles. The van der Waals surface area contributed by atoms with Crippen LogP contribution in [0.1, 0.15) is 24.6 Å². The number of H-pyrrole nitrogens is 1. The van der Waals surface area contributed by atoms with Crippen molar-refractivity contribution in [1.82, 2.24) is 25.2 Å². The van der Waals surface area contributed by atoms with E-state index in [0.717, 1.165) is 18.7 Å². The van der Waals surface area contributed by atoms with E-state index < -0.39 is 0 Å². The van der Waals surface area contributed by atoms with E-state index in [1.807, 2.05) is 17.9 Å². The maximum Gasteiger partial charge on any atom is 0.254 e. The zero-order valence-corrected chi connectivity index (χ0v) is 14.6. The monoisotopic (exact) mass is 341 g/mol. The Labute approximate surface area is 146 Å². The minimum Gasteiger partial charge on any atom is -0.340 e. The van der Waals surface area contributed by atoms with Gasteiger partial charge in [-0.05, 0) is 32.4 Å². The first-order valence-electron chi connectivity index (χ1n) is 8.56. The number of pyridine rings is 1. The molecular weight excluding hydrogens is 318 g/mol. The summed E-state index contributed by atoms with van der Waals surface area (Å²) in [5, 5.41) is 3.32. The smallest absolute Gasteiger partial charge is 0.254 e. The molecule has 3 heterocycles. The van der Waals surface area contributed by atoms with Gasteiger partial charge in [0.1, 0.15) is 5.82 Å². The van der Waals surface area contributed by atoms with Crippen molar-refractivity contribution < 1.29 is 4.79 Å². The van der Waals surface area contributed by atoms with E-state index in [-0.39, 0.29) is 11.5 Å². The second kappa shape index (κ2) is 7.57. The summed E-state index contributed by atoms with van der Waals surface area (Å²) in [6, 6.07) is 3.95. The molecule has 1 amide bonds. The lowest BCUT2D eigenvalue weighted by Gasteiger charge is -2.32. The van der Waals surface area contributed by atoms with Gasteiger partial charge < -0.3 is 15.2 Å². The number of nitrogens with one attached hydrogen (secondary N) is 2. The van der Waals surface area contributed by atoms with Crippen LogP contribution >= 0.6 is 0 Å². The molecule has 1 saturated heterocycles. The second-order valence-electron chi connectivity index (χ2n) is 6.42. The van der Waals surface area contributed by atoms with Crippen molar-refractivity contribution in [1.29, 1.82) is 0 Å². The summed E-state index contributed by atoms with van der Waals surface area (Å²) < 4.78 is 0. The number of aryl methyl sites for hydroxylation is 1. The molecule has 0 unspecified atom stereocenters. The van der Waals surface area contributed by atoms with Crippen molar-refractivity contribution in [3.05, 3.63) is 46.1 Å². The largest absolute Gasteiger partial charge is 0.340 e. The molecule has 1 atom stereocenters. The van der Waals surface area contributed by atoms with Crippen LogP contribution in [-0.4, -0.2) is 51.4 Å². The van der Waals surface area contributed by atoms with Crippen molar-refractivity contribution in [3.63, 3.8) is 0 Å². The third-order valence-corrected chi connectivity index (χ3v) is 4.47. The molecule has 7 nitrogen and oxygen atoms in total. The molecule has 1 aliphatic heterocycles. The molecule has 1 aliphatic rings. The van der Waals surface area contributed by atoms with Gasteiger partial charge in [0.25, 0.3) is 5.56 Å². The highest BCUT2D eigenvalue weighted by Crippen LogP contribution is 2.13. The lowest BCUT2D eigenvalue weighted by molar-refractivity contribution is -0.132. The number of piperazine rings is 1. The van der Waals surface area contributed by atoms with Crippen LogP contribution in [-0.2, 0) is 11.2 Å². The summed E-state index contributed by atoms with van der Waals surface area (Å²) in [6.07, 6.45) is 4.06. The molecular formula is C18H23N5O2. The Morgan fingerprint density at radius 3 is 2.96 bits per heavy atom. The molecule has 1 fully saturated rings. The zero-order chi connectivity index (χ0) is 17.8. The number of aromatic nitrogens is 3. The number of carbonyl (C=O) groups is 1. The number of carbonyl (C=O) groups excluding carboxylic acids is 1. The van der Waals surface area contributed by atoms with Gasteiger partial charge in [-0.1, -0.05) is 0 Å². The minimum absolute atomic E-state index is 0.0866. The van der Waals surface area contributed by atoms with Gasteiger partial charge in [-0.3, -0.25) is 14.6 Å². The fourth-order valence-corrected chi connectivity index (χ4v) is 3.09. The highest BCUT2D eigenvalue weighted by atomic mass is 16.2. The average molecular weight is 341 g/mol. The minimum atomic E-state index is -0.187. The summed E-state index contributed by atoms with van der Waals surface area (Å²) >= 11 is 0. The number of amides is 1. The predicted molar refractivity (Wildman–Crippen MR) is 95.2 cm³/mol. The summed E-state index contributed by atoms with van der Waals surface area (Å²) in [4.78, 5) is 38.0. The van der Waals surface area contributed by atoms with Crippen molar-refractivity contribution >= 4 is 5.91 Å². The van der Waals surface area contributed by atoms with Gasteiger partial charge in [0.05, 0.1) is 0 Å². The molecule has 0 aliphatic carbocycles. The van der Waals surface area contributed by atoms with E-state index in [2.05, 4.69) is 27.2 Å². The molecule has 0 aromatic carbocycles. The first kappa shape index (κ1) is 17.3. The van der Waals surface area contributed by atoms with E-state index in [4.69, 9.17) is 0 Å². The first-order chi connectivity index (χ1) is 12.0. The Morgan fingerprint density at radius 2 is 2.28 bits per heavy atom. The van der Waals surface area contributed by atoms with Gasteiger partial charge in [0.15, 0.2) is 0 Å². The van der Waals surface area contributed by atoms with Gasteiger partial charge >= 0.3 is 0 Å². The maximum atomic E-state index is 12.4. The van der Waals surface area contributed by atoms with E-state index in [1.54, 1.807) is 18.5 Å². The lowest BCUT2D eigenvalue weighted by Crippen LogP contribution is -2.51. The number of aromatic amines is 1. The van der Waals surface area contributed by atoms with Crippen molar-refractivity contribution in [3.8, 4) is 11.4 Å². The lowest BCUT2D eigenvalue weighted by atomic mass is 10.1. The number of rotatable bonds is 4. The Bertz CT molecular complexity index is 803. The van der Waals surface area contributed by atoms with Crippen molar-refractivity contribution in [2.75, 3.05) is 19.6 Å². The fraction of sp³-hybridized carbons (Fsp3) is 0.444. The molecule has 7 heteroatoms. The number of hydrogen-bond acceptors (Lipinski definition) is 5.